The number of carbonyl (C=O) groups excluding carboxylic acids is 2. The van der Waals surface area contributed by atoms with Crippen LogP contribution in [0.2, 0.25) is 0 Å². The van der Waals surface area contributed by atoms with Crippen LogP contribution in [0, 0.1) is 0 Å². The van der Waals surface area contributed by atoms with Crippen molar-refractivity contribution in [3.05, 3.63) is 34.7 Å². The molecule has 0 aromatic heterocycles. The molecule has 0 N–H and O–H groups in total. The summed E-state index contributed by atoms with van der Waals surface area (Å²) >= 11 is 0.971. The van der Waals surface area contributed by atoms with Crippen LogP contribution in [0.25, 0.3) is 6.08 Å². The first-order valence-electron chi connectivity index (χ1n) is 8.24. The summed E-state index contributed by atoms with van der Waals surface area (Å²) in [6.45, 7) is 5.71. The average molecular weight is 362 g/mol. The summed E-state index contributed by atoms with van der Waals surface area (Å²) in [7, 11) is 1.58. The number of imide groups is 1. The number of ether oxygens (including phenoxy) is 2. The molecule has 3 rings (SSSR count). The molecule has 134 valence electrons. The number of carbonyl (C=O) groups is 2. The molecule has 0 saturated carbocycles. The molecule has 7 heteroatoms. The number of morpholine rings is 1. The van der Waals surface area contributed by atoms with Crippen LogP contribution < -0.4 is 4.74 Å². The van der Waals surface area contributed by atoms with Crippen LogP contribution in [0.4, 0.5) is 4.79 Å². The number of hydrogen-bond acceptors (Lipinski definition) is 6. The second-order valence-electron chi connectivity index (χ2n) is 6.29. The fraction of sp³-hybridized carbons (Fsp3) is 0.444. The molecule has 6 nitrogen and oxygen atoms in total. The Morgan fingerprint density at radius 1 is 1.24 bits per heavy atom. The second-order valence-corrected chi connectivity index (χ2v) is 7.28. The van der Waals surface area contributed by atoms with Gasteiger partial charge in [-0.1, -0.05) is 18.2 Å². The molecular formula is C18H22N2O4S. The third-order valence-corrected chi connectivity index (χ3v) is 5.04. The molecule has 2 aliphatic heterocycles. The summed E-state index contributed by atoms with van der Waals surface area (Å²) in [6, 6.07) is 7.42. The quantitative estimate of drug-likeness (QED) is 0.768. The Morgan fingerprint density at radius 2 is 1.92 bits per heavy atom. The molecule has 0 bridgehead atoms. The van der Waals surface area contributed by atoms with E-state index in [0.717, 1.165) is 17.3 Å². The number of nitrogens with zero attached hydrogens (tertiary/aromatic N) is 2. The predicted molar refractivity (Wildman–Crippen MR) is 97.3 cm³/mol. The fourth-order valence-electron chi connectivity index (χ4n) is 3.15. The molecule has 0 spiro atoms. The zero-order chi connectivity index (χ0) is 18.0. The Bertz CT molecular complexity index is 696. The standard InChI is InChI=1S/C18H22N2O4S/c1-12-9-19(10-13(2)24-12)11-20-17(21)16(25-18(20)22)8-14-6-4-5-7-15(14)23-3/h4-8,12-13H,9-11H2,1-3H3/b16-8+/t12-,13-/m0/s1. The summed E-state index contributed by atoms with van der Waals surface area (Å²) < 4.78 is 11.0. The molecule has 2 fully saturated rings. The van der Waals surface area contributed by atoms with E-state index in [1.54, 1.807) is 13.2 Å². The summed E-state index contributed by atoms with van der Waals surface area (Å²) in [5.74, 6) is 0.415. The highest BCUT2D eigenvalue weighted by Crippen LogP contribution is 2.34. The van der Waals surface area contributed by atoms with Gasteiger partial charge in [0.1, 0.15) is 5.75 Å². The minimum absolute atomic E-state index is 0.0906. The molecule has 25 heavy (non-hydrogen) atoms. The molecule has 2 heterocycles. The van der Waals surface area contributed by atoms with Crippen LogP contribution in [-0.2, 0) is 9.53 Å². The van der Waals surface area contributed by atoms with E-state index in [2.05, 4.69) is 4.90 Å². The third kappa shape index (κ3) is 4.05. The van der Waals surface area contributed by atoms with E-state index >= 15 is 0 Å². The molecule has 0 aliphatic carbocycles. The summed E-state index contributed by atoms with van der Waals surface area (Å²) in [5.41, 5.74) is 0.782. The molecule has 2 amide bonds. The topological polar surface area (TPSA) is 59.1 Å². The van der Waals surface area contributed by atoms with Crippen molar-refractivity contribution in [3.63, 3.8) is 0 Å². The zero-order valence-electron chi connectivity index (χ0n) is 14.6. The second kappa shape index (κ2) is 7.59. The Morgan fingerprint density at radius 3 is 2.60 bits per heavy atom. The van der Waals surface area contributed by atoms with Gasteiger partial charge in [-0.15, -0.1) is 0 Å². The number of para-hydroxylation sites is 1. The van der Waals surface area contributed by atoms with Gasteiger partial charge in [0.05, 0.1) is 30.9 Å². The maximum atomic E-state index is 12.7. The van der Waals surface area contributed by atoms with Crippen molar-refractivity contribution < 1.29 is 19.1 Å². The molecule has 2 aliphatic rings. The lowest BCUT2D eigenvalue weighted by Gasteiger charge is -2.36. The smallest absolute Gasteiger partial charge is 0.294 e. The molecule has 2 atom stereocenters. The van der Waals surface area contributed by atoms with Crippen molar-refractivity contribution in [2.75, 3.05) is 26.9 Å². The van der Waals surface area contributed by atoms with E-state index < -0.39 is 0 Å². The van der Waals surface area contributed by atoms with Gasteiger partial charge in [0.25, 0.3) is 11.1 Å². The Hall–Kier alpha value is -1.83. The van der Waals surface area contributed by atoms with E-state index in [1.807, 2.05) is 38.1 Å². The van der Waals surface area contributed by atoms with Crippen LogP contribution in [0.1, 0.15) is 19.4 Å². The van der Waals surface area contributed by atoms with Crippen molar-refractivity contribution >= 4 is 29.0 Å². The van der Waals surface area contributed by atoms with Gasteiger partial charge in [0.15, 0.2) is 0 Å². The lowest BCUT2D eigenvalue weighted by molar-refractivity contribution is -0.127. The van der Waals surface area contributed by atoms with Crippen molar-refractivity contribution in [2.24, 2.45) is 0 Å². The monoisotopic (exact) mass is 362 g/mol. The minimum atomic E-state index is -0.257. The number of benzene rings is 1. The lowest BCUT2D eigenvalue weighted by atomic mass is 10.2. The molecular weight excluding hydrogens is 340 g/mol. The first-order valence-corrected chi connectivity index (χ1v) is 9.05. The number of thioether (sulfide) groups is 1. The molecule has 0 unspecified atom stereocenters. The first kappa shape index (κ1) is 18.0. The van der Waals surface area contributed by atoms with Gasteiger partial charge < -0.3 is 9.47 Å². The van der Waals surface area contributed by atoms with E-state index in [-0.39, 0.29) is 23.4 Å². The van der Waals surface area contributed by atoms with Crippen molar-refractivity contribution in [2.45, 2.75) is 26.1 Å². The van der Waals surface area contributed by atoms with Crippen LogP contribution in [-0.4, -0.2) is 60.0 Å². The van der Waals surface area contributed by atoms with Crippen LogP contribution >= 0.6 is 11.8 Å². The van der Waals surface area contributed by atoms with E-state index in [0.29, 0.717) is 30.4 Å². The normalized spacial score (nSPS) is 26.5. The molecule has 1 aromatic carbocycles. The van der Waals surface area contributed by atoms with Crippen molar-refractivity contribution in [1.82, 2.24) is 9.80 Å². The van der Waals surface area contributed by atoms with Gasteiger partial charge in [-0.2, -0.15) is 0 Å². The molecule has 1 aromatic rings. The van der Waals surface area contributed by atoms with Gasteiger partial charge in [0, 0.05) is 18.7 Å². The fourth-order valence-corrected chi connectivity index (χ4v) is 3.97. The average Bonchev–Trinajstić information content (AvgIpc) is 2.82. The van der Waals surface area contributed by atoms with Gasteiger partial charge in [-0.05, 0) is 37.8 Å². The maximum Gasteiger partial charge on any atom is 0.294 e. The maximum absolute atomic E-state index is 12.7. The van der Waals surface area contributed by atoms with Gasteiger partial charge in [-0.25, -0.2) is 0 Å². The van der Waals surface area contributed by atoms with Crippen molar-refractivity contribution in [3.8, 4) is 5.75 Å². The Labute approximate surface area is 151 Å². The SMILES string of the molecule is COc1ccccc1/C=C1/SC(=O)N(CN2C[C@H](C)O[C@@H](C)C2)C1=O. The van der Waals surface area contributed by atoms with Crippen LogP contribution in [0.3, 0.4) is 0 Å². The summed E-state index contributed by atoms with van der Waals surface area (Å²) in [4.78, 5) is 28.8. The molecule has 0 radical (unpaired) electrons. The largest absolute Gasteiger partial charge is 0.496 e. The van der Waals surface area contributed by atoms with Gasteiger partial charge in [0.2, 0.25) is 0 Å². The summed E-state index contributed by atoms with van der Waals surface area (Å²) in [5, 5.41) is -0.238. The van der Waals surface area contributed by atoms with Crippen molar-refractivity contribution in [1.29, 1.82) is 0 Å². The highest BCUT2D eigenvalue weighted by atomic mass is 32.2. The predicted octanol–water partition coefficient (Wildman–Crippen LogP) is 2.80. The zero-order valence-corrected chi connectivity index (χ0v) is 15.4. The van der Waals surface area contributed by atoms with Gasteiger partial charge in [-0.3, -0.25) is 19.4 Å². The van der Waals surface area contributed by atoms with E-state index in [9.17, 15) is 9.59 Å². The lowest BCUT2D eigenvalue weighted by Crippen LogP contribution is -2.50. The highest BCUT2D eigenvalue weighted by Gasteiger charge is 2.37. The first-order chi connectivity index (χ1) is 12.0. The summed E-state index contributed by atoms with van der Waals surface area (Å²) in [6.07, 6.45) is 1.90. The Balaban J connectivity index is 1.75. The minimum Gasteiger partial charge on any atom is -0.496 e. The third-order valence-electron chi connectivity index (χ3n) is 4.14. The number of hydrogen-bond donors (Lipinski definition) is 0. The van der Waals surface area contributed by atoms with E-state index in [1.165, 1.54) is 4.90 Å². The number of rotatable bonds is 4. The number of amides is 2. The van der Waals surface area contributed by atoms with E-state index in [4.69, 9.17) is 9.47 Å². The van der Waals surface area contributed by atoms with Crippen LogP contribution in [0.5, 0.6) is 5.75 Å². The highest BCUT2D eigenvalue weighted by molar-refractivity contribution is 8.18. The Kier molecular flexibility index (Phi) is 5.46. The number of methoxy groups -OCH3 is 1. The molecule has 2 saturated heterocycles. The van der Waals surface area contributed by atoms with Crippen LogP contribution in [0.15, 0.2) is 29.2 Å². The van der Waals surface area contributed by atoms with Gasteiger partial charge >= 0.3 is 0 Å².